The summed E-state index contributed by atoms with van der Waals surface area (Å²) in [4.78, 5) is 26.0. The van der Waals surface area contributed by atoms with Gasteiger partial charge >= 0.3 is 0 Å². The van der Waals surface area contributed by atoms with Crippen LogP contribution in [0.4, 0.5) is 5.69 Å². The Morgan fingerprint density at radius 2 is 2.14 bits per heavy atom. The van der Waals surface area contributed by atoms with Crippen LogP contribution in [0.15, 0.2) is 24.3 Å². The maximum Gasteiger partial charge on any atom is 0.238 e. The molecule has 2 rings (SSSR count). The quantitative estimate of drug-likeness (QED) is 0.819. The third-order valence-corrected chi connectivity index (χ3v) is 3.95. The van der Waals surface area contributed by atoms with Gasteiger partial charge in [-0.15, -0.1) is 0 Å². The second-order valence-electron chi connectivity index (χ2n) is 5.85. The van der Waals surface area contributed by atoms with Crippen LogP contribution in [0.25, 0.3) is 0 Å². The SMILES string of the molecule is COC[C@H]1CCCN(CC(=O)Nc2ccccc2C(C)=O)C1. The molecule has 0 aromatic heterocycles. The highest BCUT2D eigenvalue weighted by atomic mass is 16.5. The van der Waals surface area contributed by atoms with Crippen LogP contribution in [0, 0.1) is 5.92 Å². The van der Waals surface area contributed by atoms with Crippen LogP contribution in [0.1, 0.15) is 30.1 Å². The highest BCUT2D eigenvalue weighted by molar-refractivity contribution is 6.04. The molecule has 0 spiro atoms. The zero-order chi connectivity index (χ0) is 15.9. The maximum atomic E-state index is 12.2. The number of methoxy groups -OCH3 is 1. The minimum atomic E-state index is -0.0771. The summed E-state index contributed by atoms with van der Waals surface area (Å²) < 4.78 is 5.21. The largest absolute Gasteiger partial charge is 0.384 e. The number of hydrogen-bond donors (Lipinski definition) is 1. The Morgan fingerprint density at radius 1 is 1.36 bits per heavy atom. The molecule has 1 aromatic rings. The van der Waals surface area contributed by atoms with E-state index in [1.54, 1.807) is 25.3 Å². The molecule has 0 radical (unpaired) electrons. The summed E-state index contributed by atoms with van der Waals surface area (Å²) in [5.41, 5.74) is 1.14. The average molecular weight is 304 g/mol. The van der Waals surface area contributed by atoms with Crippen LogP contribution >= 0.6 is 0 Å². The van der Waals surface area contributed by atoms with Crippen LogP contribution in [0.5, 0.6) is 0 Å². The number of para-hydroxylation sites is 1. The number of ketones is 1. The first-order valence-electron chi connectivity index (χ1n) is 7.71. The molecule has 0 unspecified atom stereocenters. The van der Waals surface area contributed by atoms with Crippen molar-refractivity contribution >= 4 is 17.4 Å². The summed E-state index contributed by atoms with van der Waals surface area (Å²) in [6.45, 7) is 4.42. The van der Waals surface area contributed by atoms with Crippen molar-refractivity contribution in [1.82, 2.24) is 4.90 Å². The van der Waals surface area contributed by atoms with Gasteiger partial charge in [0, 0.05) is 19.2 Å². The smallest absolute Gasteiger partial charge is 0.238 e. The number of carbonyl (C=O) groups excluding carboxylic acids is 2. The highest BCUT2D eigenvalue weighted by Gasteiger charge is 2.21. The third-order valence-electron chi connectivity index (χ3n) is 3.95. The van der Waals surface area contributed by atoms with E-state index in [2.05, 4.69) is 10.2 Å². The van der Waals surface area contributed by atoms with Gasteiger partial charge in [0.05, 0.1) is 18.8 Å². The fraction of sp³-hybridized carbons (Fsp3) is 0.529. The number of amides is 1. The number of ether oxygens (including phenoxy) is 1. The highest BCUT2D eigenvalue weighted by Crippen LogP contribution is 2.18. The summed E-state index contributed by atoms with van der Waals surface area (Å²) in [5, 5.41) is 2.85. The van der Waals surface area contributed by atoms with Crippen molar-refractivity contribution in [3.05, 3.63) is 29.8 Å². The number of hydrogen-bond acceptors (Lipinski definition) is 4. The van der Waals surface area contributed by atoms with Gasteiger partial charge in [-0.05, 0) is 44.4 Å². The van der Waals surface area contributed by atoms with Crippen LogP contribution < -0.4 is 5.32 Å². The minimum absolute atomic E-state index is 0.0472. The molecule has 1 saturated heterocycles. The summed E-state index contributed by atoms with van der Waals surface area (Å²) in [6.07, 6.45) is 2.24. The standard InChI is InChI=1S/C17H24N2O3/c1-13(20)15-7-3-4-8-16(15)18-17(21)11-19-9-5-6-14(10-19)12-22-2/h3-4,7-8,14H,5-6,9-12H2,1-2H3,(H,18,21)/t14-/m0/s1. The van der Waals surface area contributed by atoms with Crippen molar-refractivity contribution in [2.24, 2.45) is 5.92 Å². The molecule has 5 nitrogen and oxygen atoms in total. The molecule has 1 fully saturated rings. The topological polar surface area (TPSA) is 58.6 Å². The molecule has 1 aliphatic rings. The van der Waals surface area contributed by atoms with E-state index in [1.807, 2.05) is 6.07 Å². The molecule has 1 N–H and O–H groups in total. The predicted molar refractivity (Wildman–Crippen MR) is 86.1 cm³/mol. The first kappa shape index (κ1) is 16.6. The number of rotatable bonds is 6. The van der Waals surface area contributed by atoms with E-state index in [9.17, 15) is 9.59 Å². The van der Waals surface area contributed by atoms with Gasteiger partial charge in [-0.1, -0.05) is 12.1 Å². The van der Waals surface area contributed by atoms with Gasteiger partial charge in [-0.3, -0.25) is 14.5 Å². The number of piperidine rings is 1. The van der Waals surface area contributed by atoms with Crippen molar-refractivity contribution in [2.45, 2.75) is 19.8 Å². The molecule has 5 heteroatoms. The van der Waals surface area contributed by atoms with Crippen molar-refractivity contribution in [1.29, 1.82) is 0 Å². The van der Waals surface area contributed by atoms with Crippen LogP contribution in [-0.4, -0.2) is 49.9 Å². The van der Waals surface area contributed by atoms with Gasteiger partial charge in [-0.2, -0.15) is 0 Å². The van der Waals surface area contributed by atoms with Crippen molar-refractivity contribution in [2.75, 3.05) is 38.7 Å². The van der Waals surface area contributed by atoms with Gasteiger partial charge in [0.25, 0.3) is 0 Å². The van der Waals surface area contributed by atoms with E-state index in [4.69, 9.17) is 4.74 Å². The first-order valence-corrected chi connectivity index (χ1v) is 7.71. The van der Waals surface area contributed by atoms with E-state index >= 15 is 0 Å². The monoisotopic (exact) mass is 304 g/mol. The van der Waals surface area contributed by atoms with Crippen molar-refractivity contribution in [3.8, 4) is 0 Å². The molecule has 120 valence electrons. The summed E-state index contributed by atoms with van der Waals surface area (Å²) in [6, 6.07) is 7.11. The number of Topliss-reactive ketones (excluding diaryl/α,β-unsaturated/α-hetero) is 1. The molecule has 1 heterocycles. The van der Waals surface area contributed by atoms with Crippen molar-refractivity contribution in [3.63, 3.8) is 0 Å². The lowest BCUT2D eigenvalue weighted by Crippen LogP contribution is -2.41. The number of anilines is 1. The Hall–Kier alpha value is -1.72. The Labute approximate surface area is 131 Å². The number of nitrogens with zero attached hydrogens (tertiary/aromatic N) is 1. The first-order chi connectivity index (χ1) is 10.6. The van der Waals surface area contributed by atoms with Gasteiger partial charge in [0.15, 0.2) is 5.78 Å². The second-order valence-corrected chi connectivity index (χ2v) is 5.85. The Morgan fingerprint density at radius 3 is 2.86 bits per heavy atom. The predicted octanol–water partition coefficient (Wildman–Crippen LogP) is 2.19. The van der Waals surface area contributed by atoms with Crippen LogP contribution in [-0.2, 0) is 9.53 Å². The van der Waals surface area contributed by atoms with E-state index < -0.39 is 0 Å². The van der Waals surface area contributed by atoms with E-state index in [0.717, 1.165) is 32.5 Å². The van der Waals surface area contributed by atoms with E-state index in [0.29, 0.717) is 23.7 Å². The number of carbonyl (C=O) groups is 2. The average Bonchev–Trinajstić information content (AvgIpc) is 2.48. The lowest BCUT2D eigenvalue weighted by atomic mass is 9.99. The Balaban J connectivity index is 1.92. The Kier molecular flexibility index (Phi) is 6.10. The number of nitrogens with one attached hydrogen (secondary N) is 1. The molecule has 1 atom stereocenters. The van der Waals surface area contributed by atoms with Crippen LogP contribution in [0.3, 0.4) is 0 Å². The van der Waals surface area contributed by atoms with Gasteiger partial charge in [0.2, 0.25) is 5.91 Å². The fourth-order valence-electron chi connectivity index (χ4n) is 2.96. The fourth-order valence-corrected chi connectivity index (χ4v) is 2.96. The third kappa shape index (κ3) is 4.64. The zero-order valence-electron chi connectivity index (χ0n) is 13.3. The van der Waals surface area contributed by atoms with Gasteiger partial charge < -0.3 is 10.1 Å². The lowest BCUT2D eigenvalue weighted by molar-refractivity contribution is -0.117. The molecule has 1 aliphatic heterocycles. The normalized spacial score (nSPS) is 18.9. The minimum Gasteiger partial charge on any atom is -0.384 e. The van der Waals surface area contributed by atoms with Crippen LogP contribution in [0.2, 0.25) is 0 Å². The lowest BCUT2D eigenvalue weighted by Gasteiger charge is -2.31. The van der Waals surface area contributed by atoms with E-state index in [1.165, 1.54) is 6.92 Å². The molecular weight excluding hydrogens is 280 g/mol. The molecular formula is C17H24N2O3. The molecule has 1 amide bonds. The summed E-state index contributed by atoms with van der Waals surface area (Å²) in [7, 11) is 1.71. The zero-order valence-corrected chi connectivity index (χ0v) is 13.3. The molecule has 22 heavy (non-hydrogen) atoms. The molecule has 0 bridgehead atoms. The molecule has 0 aliphatic carbocycles. The number of benzene rings is 1. The molecule has 0 saturated carbocycles. The molecule has 1 aromatic carbocycles. The maximum absolute atomic E-state index is 12.2. The summed E-state index contributed by atoms with van der Waals surface area (Å²) in [5.74, 6) is 0.372. The summed E-state index contributed by atoms with van der Waals surface area (Å²) >= 11 is 0. The Bertz CT molecular complexity index is 528. The number of likely N-dealkylation sites (tertiary alicyclic amines) is 1. The second kappa shape index (κ2) is 8.06. The van der Waals surface area contributed by atoms with E-state index in [-0.39, 0.29) is 11.7 Å². The van der Waals surface area contributed by atoms with Gasteiger partial charge in [-0.25, -0.2) is 0 Å². The van der Waals surface area contributed by atoms with Crippen molar-refractivity contribution < 1.29 is 14.3 Å². The van der Waals surface area contributed by atoms with Gasteiger partial charge in [0.1, 0.15) is 0 Å².